The Labute approximate surface area is 153 Å². The van der Waals surface area contributed by atoms with Crippen LogP contribution < -0.4 is 11.0 Å². The SMILES string of the molecule is O=c1c2ccccc2oc2c1c(=O)n(Cc1ccccc1)c1ncccc21. The van der Waals surface area contributed by atoms with E-state index in [0.717, 1.165) is 5.56 Å². The molecule has 0 saturated heterocycles. The molecule has 5 rings (SSSR count). The third kappa shape index (κ3) is 2.36. The number of pyridine rings is 2. The molecule has 0 atom stereocenters. The molecule has 0 N–H and O–H groups in total. The van der Waals surface area contributed by atoms with Crippen LogP contribution in [0.4, 0.5) is 0 Å². The summed E-state index contributed by atoms with van der Waals surface area (Å²) in [5.74, 6) is 0. The lowest BCUT2D eigenvalue weighted by molar-refractivity contribution is 0.660. The van der Waals surface area contributed by atoms with Crippen LogP contribution in [-0.4, -0.2) is 9.55 Å². The van der Waals surface area contributed by atoms with Gasteiger partial charge < -0.3 is 4.42 Å². The average molecular weight is 354 g/mol. The molecule has 130 valence electrons. The third-order valence-corrected chi connectivity index (χ3v) is 4.73. The van der Waals surface area contributed by atoms with Gasteiger partial charge in [-0.15, -0.1) is 0 Å². The van der Waals surface area contributed by atoms with Crippen LogP contribution in [0, 0.1) is 0 Å². The van der Waals surface area contributed by atoms with Gasteiger partial charge in [-0.3, -0.25) is 14.2 Å². The molecule has 5 nitrogen and oxygen atoms in total. The zero-order valence-corrected chi connectivity index (χ0v) is 14.3. The van der Waals surface area contributed by atoms with Crippen molar-refractivity contribution in [2.75, 3.05) is 0 Å². The van der Waals surface area contributed by atoms with Crippen molar-refractivity contribution in [2.45, 2.75) is 6.54 Å². The van der Waals surface area contributed by atoms with Gasteiger partial charge in [0.2, 0.25) is 5.43 Å². The van der Waals surface area contributed by atoms with Crippen molar-refractivity contribution < 1.29 is 4.42 Å². The Kier molecular flexibility index (Phi) is 3.40. The Bertz CT molecular complexity index is 1430. The van der Waals surface area contributed by atoms with E-state index in [9.17, 15) is 9.59 Å². The first-order valence-corrected chi connectivity index (χ1v) is 8.61. The molecule has 5 aromatic rings. The van der Waals surface area contributed by atoms with Crippen molar-refractivity contribution in [3.05, 3.63) is 99.1 Å². The molecule has 0 aliphatic rings. The second-order valence-electron chi connectivity index (χ2n) is 6.38. The van der Waals surface area contributed by atoms with E-state index in [4.69, 9.17) is 4.42 Å². The van der Waals surface area contributed by atoms with Gasteiger partial charge in [-0.1, -0.05) is 42.5 Å². The fourth-order valence-electron chi connectivity index (χ4n) is 3.46. The summed E-state index contributed by atoms with van der Waals surface area (Å²) in [6.45, 7) is 0.329. The predicted molar refractivity (Wildman–Crippen MR) is 105 cm³/mol. The number of rotatable bonds is 2. The number of hydrogen-bond acceptors (Lipinski definition) is 4. The minimum absolute atomic E-state index is 0.0603. The summed E-state index contributed by atoms with van der Waals surface area (Å²) in [5.41, 5.74) is 1.49. The molecule has 3 aromatic heterocycles. The van der Waals surface area contributed by atoms with Crippen LogP contribution in [0.25, 0.3) is 33.0 Å². The van der Waals surface area contributed by atoms with Crippen molar-refractivity contribution >= 4 is 33.0 Å². The summed E-state index contributed by atoms with van der Waals surface area (Å²) < 4.78 is 7.51. The fraction of sp³-hybridized carbons (Fsp3) is 0.0455. The molecule has 27 heavy (non-hydrogen) atoms. The molecule has 0 aliphatic heterocycles. The highest BCUT2D eigenvalue weighted by Gasteiger charge is 2.18. The molecule has 0 fully saturated rings. The van der Waals surface area contributed by atoms with Gasteiger partial charge >= 0.3 is 0 Å². The predicted octanol–water partition coefficient (Wildman–Crippen LogP) is 3.70. The van der Waals surface area contributed by atoms with Crippen LogP contribution in [-0.2, 0) is 6.54 Å². The Morgan fingerprint density at radius 2 is 1.59 bits per heavy atom. The third-order valence-electron chi connectivity index (χ3n) is 4.73. The highest BCUT2D eigenvalue weighted by Crippen LogP contribution is 2.23. The normalized spacial score (nSPS) is 11.4. The minimum Gasteiger partial charge on any atom is -0.455 e. The van der Waals surface area contributed by atoms with E-state index in [-0.39, 0.29) is 22.0 Å². The van der Waals surface area contributed by atoms with Crippen molar-refractivity contribution in [1.82, 2.24) is 9.55 Å². The van der Waals surface area contributed by atoms with E-state index in [1.807, 2.05) is 36.4 Å². The molecule has 2 aromatic carbocycles. The summed E-state index contributed by atoms with van der Waals surface area (Å²) >= 11 is 0. The molecule has 0 amide bonds. The van der Waals surface area contributed by atoms with Gasteiger partial charge in [-0.05, 0) is 29.8 Å². The first-order valence-electron chi connectivity index (χ1n) is 8.61. The van der Waals surface area contributed by atoms with Gasteiger partial charge in [0.25, 0.3) is 5.56 Å². The highest BCUT2D eigenvalue weighted by atomic mass is 16.3. The molecular formula is C22H14N2O3. The van der Waals surface area contributed by atoms with Crippen molar-refractivity contribution in [1.29, 1.82) is 0 Å². The van der Waals surface area contributed by atoms with Crippen LogP contribution >= 0.6 is 0 Å². The molecular weight excluding hydrogens is 340 g/mol. The van der Waals surface area contributed by atoms with Gasteiger partial charge in [0, 0.05) is 6.20 Å². The lowest BCUT2D eigenvalue weighted by Gasteiger charge is -2.12. The zero-order chi connectivity index (χ0) is 18.4. The summed E-state index contributed by atoms with van der Waals surface area (Å²) in [4.78, 5) is 30.7. The van der Waals surface area contributed by atoms with Crippen LogP contribution in [0.3, 0.4) is 0 Å². The van der Waals surface area contributed by atoms with E-state index in [1.165, 1.54) is 0 Å². The Balaban J connectivity index is 1.96. The van der Waals surface area contributed by atoms with Crippen LogP contribution in [0.1, 0.15) is 5.56 Å². The van der Waals surface area contributed by atoms with E-state index >= 15 is 0 Å². The monoisotopic (exact) mass is 354 g/mol. The summed E-state index contributed by atoms with van der Waals surface area (Å²) in [6.07, 6.45) is 1.63. The molecule has 0 aliphatic carbocycles. The summed E-state index contributed by atoms with van der Waals surface area (Å²) in [6, 6.07) is 20.2. The lowest BCUT2D eigenvalue weighted by atomic mass is 10.1. The molecule has 5 heteroatoms. The smallest absolute Gasteiger partial charge is 0.267 e. The van der Waals surface area contributed by atoms with Crippen molar-refractivity contribution in [3.63, 3.8) is 0 Å². The van der Waals surface area contributed by atoms with Crippen LogP contribution in [0.15, 0.2) is 86.9 Å². The molecule has 0 bridgehead atoms. The molecule has 0 radical (unpaired) electrons. The maximum absolute atomic E-state index is 13.3. The van der Waals surface area contributed by atoms with Gasteiger partial charge in [0.1, 0.15) is 16.6 Å². The quantitative estimate of drug-likeness (QED) is 0.358. The second kappa shape index (κ2) is 5.92. The van der Waals surface area contributed by atoms with Gasteiger partial charge in [0.05, 0.1) is 17.3 Å². The topological polar surface area (TPSA) is 65.1 Å². The number of benzene rings is 2. The van der Waals surface area contributed by atoms with Crippen molar-refractivity contribution in [3.8, 4) is 0 Å². The number of para-hydroxylation sites is 1. The summed E-state index contributed by atoms with van der Waals surface area (Å²) in [5, 5.41) is 1.10. The highest BCUT2D eigenvalue weighted by molar-refractivity contribution is 6.03. The first kappa shape index (κ1) is 15.5. The standard InChI is InChI=1S/C22H14N2O3/c25-19-15-9-4-5-11-17(15)27-20-16-10-6-12-23-21(16)24(22(26)18(19)20)13-14-7-2-1-3-8-14/h1-12H,13H2. The fourth-order valence-corrected chi connectivity index (χ4v) is 3.46. The number of fused-ring (bicyclic) bond motifs is 4. The Morgan fingerprint density at radius 1 is 0.852 bits per heavy atom. The van der Waals surface area contributed by atoms with Gasteiger partial charge in [-0.25, -0.2) is 4.98 Å². The van der Waals surface area contributed by atoms with E-state index < -0.39 is 0 Å². The van der Waals surface area contributed by atoms with Crippen LogP contribution in [0.5, 0.6) is 0 Å². The minimum atomic E-state index is -0.389. The largest absolute Gasteiger partial charge is 0.455 e. The Morgan fingerprint density at radius 3 is 2.44 bits per heavy atom. The van der Waals surface area contributed by atoms with Crippen LogP contribution in [0.2, 0.25) is 0 Å². The molecule has 0 unspecified atom stereocenters. The second-order valence-corrected chi connectivity index (χ2v) is 6.38. The molecule has 0 saturated carbocycles. The number of aromatic nitrogens is 2. The summed E-state index contributed by atoms with van der Waals surface area (Å²) in [7, 11) is 0. The first-order chi connectivity index (χ1) is 13.2. The average Bonchev–Trinajstić information content (AvgIpc) is 2.72. The van der Waals surface area contributed by atoms with E-state index in [1.54, 1.807) is 41.1 Å². The lowest BCUT2D eigenvalue weighted by Crippen LogP contribution is -2.26. The maximum Gasteiger partial charge on any atom is 0.267 e. The Hall–Kier alpha value is -3.73. The number of hydrogen-bond donors (Lipinski definition) is 0. The molecule has 3 heterocycles. The maximum atomic E-state index is 13.3. The van der Waals surface area contributed by atoms with Gasteiger partial charge in [0.15, 0.2) is 5.58 Å². The van der Waals surface area contributed by atoms with E-state index in [2.05, 4.69) is 4.98 Å². The van der Waals surface area contributed by atoms with E-state index in [0.29, 0.717) is 28.5 Å². The van der Waals surface area contributed by atoms with Gasteiger partial charge in [-0.2, -0.15) is 0 Å². The number of nitrogens with zero attached hydrogens (tertiary/aromatic N) is 2. The van der Waals surface area contributed by atoms with Crippen molar-refractivity contribution in [2.24, 2.45) is 0 Å². The molecule has 0 spiro atoms. The zero-order valence-electron chi connectivity index (χ0n) is 14.3.